The molecule has 4 nitrogen and oxygen atoms in total. The van der Waals surface area contributed by atoms with Gasteiger partial charge in [0.05, 0.1) is 0 Å². The molecule has 2 rings (SSSR count). The summed E-state index contributed by atoms with van der Waals surface area (Å²) in [6.45, 7) is 6.30. The van der Waals surface area contributed by atoms with Crippen LogP contribution in [0.1, 0.15) is 26.6 Å². The van der Waals surface area contributed by atoms with Gasteiger partial charge >= 0.3 is 0 Å². The highest BCUT2D eigenvalue weighted by molar-refractivity contribution is 9.10. The Labute approximate surface area is 119 Å². The van der Waals surface area contributed by atoms with Gasteiger partial charge in [-0.1, -0.05) is 20.8 Å². The molecule has 0 bridgehead atoms. The van der Waals surface area contributed by atoms with Gasteiger partial charge in [-0.2, -0.15) is 0 Å². The van der Waals surface area contributed by atoms with Crippen LogP contribution >= 0.6 is 27.7 Å². The molecule has 0 aliphatic carbocycles. The Morgan fingerprint density at radius 2 is 2.00 bits per heavy atom. The molecular weight excluding hydrogens is 312 g/mol. The average Bonchev–Trinajstić information content (AvgIpc) is 2.62. The van der Waals surface area contributed by atoms with Crippen molar-refractivity contribution in [2.75, 3.05) is 0 Å². The third kappa shape index (κ3) is 3.11. The molecule has 0 spiro atoms. The van der Waals surface area contributed by atoms with Crippen molar-refractivity contribution in [1.82, 2.24) is 19.5 Å². The first kappa shape index (κ1) is 13.5. The van der Waals surface area contributed by atoms with Crippen molar-refractivity contribution in [2.24, 2.45) is 7.05 Å². The predicted octanol–water partition coefficient (Wildman–Crippen LogP) is 3.42. The van der Waals surface area contributed by atoms with Gasteiger partial charge in [-0.3, -0.25) is 0 Å². The van der Waals surface area contributed by atoms with Gasteiger partial charge < -0.3 is 4.57 Å². The summed E-state index contributed by atoms with van der Waals surface area (Å²) in [4.78, 5) is 13.3. The molecule has 0 amide bonds. The van der Waals surface area contributed by atoms with E-state index >= 15 is 0 Å². The van der Waals surface area contributed by atoms with Gasteiger partial charge in [0.1, 0.15) is 15.5 Å². The van der Waals surface area contributed by atoms with Crippen molar-refractivity contribution in [1.29, 1.82) is 0 Å². The summed E-state index contributed by atoms with van der Waals surface area (Å²) in [5.41, 5.74) is -0.0687. The third-order valence-electron chi connectivity index (χ3n) is 2.32. The molecule has 96 valence electrons. The molecule has 0 radical (unpaired) electrons. The summed E-state index contributed by atoms with van der Waals surface area (Å²) in [6.07, 6.45) is 3.70. The lowest BCUT2D eigenvalue weighted by Crippen LogP contribution is -2.16. The monoisotopic (exact) mass is 326 g/mol. The molecule has 18 heavy (non-hydrogen) atoms. The molecule has 0 N–H and O–H groups in total. The number of aryl methyl sites for hydroxylation is 1. The quantitative estimate of drug-likeness (QED) is 0.793. The van der Waals surface area contributed by atoms with Crippen LogP contribution in [0, 0.1) is 0 Å². The van der Waals surface area contributed by atoms with Crippen LogP contribution in [-0.2, 0) is 12.5 Å². The van der Waals surface area contributed by atoms with Crippen LogP contribution in [0.25, 0.3) is 0 Å². The van der Waals surface area contributed by atoms with Gasteiger partial charge in [-0.05, 0) is 27.7 Å². The van der Waals surface area contributed by atoms with Crippen LogP contribution in [0.5, 0.6) is 0 Å². The third-order valence-corrected chi connectivity index (χ3v) is 3.72. The summed E-state index contributed by atoms with van der Waals surface area (Å²) in [7, 11) is 1.97. The number of nitrogens with zero attached hydrogens (tertiary/aromatic N) is 4. The average molecular weight is 327 g/mol. The minimum absolute atomic E-state index is 0.0687. The maximum absolute atomic E-state index is 4.59. The largest absolute Gasteiger partial charge is 0.329 e. The molecule has 0 aromatic carbocycles. The van der Waals surface area contributed by atoms with E-state index in [9.17, 15) is 0 Å². The van der Waals surface area contributed by atoms with Crippen LogP contribution in [-0.4, -0.2) is 19.5 Å². The highest BCUT2D eigenvalue weighted by atomic mass is 79.9. The van der Waals surface area contributed by atoms with Gasteiger partial charge in [-0.25, -0.2) is 15.0 Å². The standard InChI is InChI=1S/C12H15BrN4S/c1-12(2,3)10-15-8(13)7-9(16-10)18-11-14-5-6-17(11)4/h5-7H,1-4H3. The van der Waals surface area contributed by atoms with E-state index < -0.39 is 0 Å². The van der Waals surface area contributed by atoms with E-state index in [4.69, 9.17) is 0 Å². The number of rotatable bonds is 2. The minimum atomic E-state index is -0.0687. The Kier molecular flexibility index (Phi) is 3.77. The van der Waals surface area contributed by atoms with Crippen molar-refractivity contribution in [3.63, 3.8) is 0 Å². The van der Waals surface area contributed by atoms with Crippen LogP contribution in [0.4, 0.5) is 0 Å². The normalized spacial score (nSPS) is 11.8. The molecule has 2 heterocycles. The fourth-order valence-corrected chi connectivity index (χ4v) is 2.67. The van der Waals surface area contributed by atoms with Crippen molar-refractivity contribution in [2.45, 2.75) is 36.4 Å². The second-order valence-corrected chi connectivity index (χ2v) is 6.83. The van der Waals surface area contributed by atoms with E-state index in [1.54, 1.807) is 6.20 Å². The highest BCUT2D eigenvalue weighted by Crippen LogP contribution is 2.28. The number of aromatic nitrogens is 4. The zero-order valence-corrected chi connectivity index (χ0v) is 13.2. The summed E-state index contributed by atoms with van der Waals surface area (Å²) >= 11 is 4.97. The van der Waals surface area contributed by atoms with Crippen LogP contribution in [0.3, 0.4) is 0 Å². The Morgan fingerprint density at radius 3 is 2.56 bits per heavy atom. The summed E-state index contributed by atoms with van der Waals surface area (Å²) in [6, 6.07) is 1.91. The predicted molar refractivity (Wildman–Crippen MR) is 75.8 cm³/mol. The van der Waals surface area contributed by atoms with E-state index in [0.29, 0.717) is 0 Å². The Hall–Kier alpha value is -0.880. The van der Waals surface area contributed by atoms with Gasteiger partial charge in [0.2, 0.25) is 0 Å². The van der Waals surface area contributed by atoms with Crippen molar-refractivity contribution in [3.8, 4) is 0 Å². The fourth-order valence-electron chi connectivity index (χ4n) is 1.33. The van der Waals surface area contributed by atoms with E-state index in [2.05, 4.69) is 51.7 Å². The zero-order valence-electron chi connectivity index (χ0n) is 10.8. The lowest BCUT2D eigenvalue weighted by molar-refractivity contribution is 0.536. The number of halogens is 1. The first-order chi connectivity index (χ1) is 8.36. The SMILES string of the molecule is Cn1ccnc1Sc1cc(Br)nc(C(C)(C)C)n1. The molecule has 0 atom stereocenters. The number of hydrogen-bond donors (Lipinski definition) is 0. The van der Waals surface area contributed by atoms with Crippen LogP contribution in [0.15, 0.2) is 33.2 Å². The zero-order chi connectivity index (χ0) is 13.3. The van der Waals surface area contributed by atoms with Gasteiger partial charge in [0.15, 0.2) is 5.16 Å². The van der Waals surface area contributed by atoms with Crippen LogP contribution < -0.4 is 0 Å². The Morgan fingerprint density at radius 1 is 1.28 bits per heavy atom. The molecule has 0 saturated heterocycles. The van der Waals surface area contributed by atoms with Gasteiger partial charge in [0, 0.05) is 30.9 Å². The van der Waals surface area contributed by atoms with Crippen molar-refractivity contribution < 1.29 is 0 Å². The molecule has 2 aromatic rings. The number of imidazole rings is 1. The molecule has 0 aliphatic heterocycles. The molecule has 0 saturated carbocycles. The highest BCUT2D eigenvalue weighted by Gasteiger charge is 2.19. The second-order valence-electron chi connectivity index (χ2n) is 5.03. The maximum atomic E-state index is 4.59. The van der Waals surface area contributed by atoms with E-state index in [0.717, 1.165) is 20.6 Å². The summed E-state index contributed by atoms with van der Waals surface area (Å²) in [5, 5.41) is 1.82. The Balaban J connectivity index is 2.35. The van der Waals surface area contributed by atoms with Crippen molar-refractivity contribution in [3.05, 3.63) is 28.9 Å². The molecular formula is C12H15BrN4S. The molecule has 0 aliphatic rings. The minimum Gasteiger partial charge on any atom is -0.329 e. The topological polar surface area (TPSA) is 43.6 Å². The molecule has 2 aromatic heterocycles. The molecule has 0 unspecified atom stereocenters. The van der Waals surface area contributed by atoms with E-state index in [1.165, 1.54) is 11.8 Å². The Bertz CT molecular complexity index is 559. The van der Waals surface area contributed by atoms with Crippen molar-refractivity contribution >= 4 is 27.7 Å². The van der Waals surface area contributed by atoms with Crippen LogP contribution in [0.2, 0.25) is 0 Å². The first-order valence-corrected chi connectivity index (χ1v) is 7.17. The summed E-state index contributed by atoms with van der Waals surface area (Å²) < 4.78 is 2.77. The lowest BCUT2D eigenvalue weighted by Gasteiger charge is -2.17. The van der Waals surface area contributed by atoms with E-state index in [-0.39, 0.29) is 5.41 Å². The first-order valence-electron chi connectivity index (χ1n) is 5.56. The molecule has 0 fully saturated rings. The smallest absolute Gasteiger partial charge is 0.174 e. The van der Waals surface area contributed by atoms with Gasteiger partial charge in [-0.15, -0.1) is 0 Å². The second kappa shape index (κ2) is 5.01. The maximum Gasteiger partial charge on any atom is 0.174 e. The lowest BCUT2D eigenvalue weighted by atomic mass is 9.96. The van der Waals surface area contributed by atoms with E-state index in [1.807, 2.05) is 23.9 Å². The summed E-state index contributed by atoms with van der Waals surface area (Å²) in [5.74, 6) is 0.827. The van der Waals surface area contributed by atoms with Gasteiger partial charge in [0.25, 0.3) is 0 Å². The fraction of sp³-hybridized carbons (Fsp3) is 0.417. The number of hydrogen-bond acceptors (Lipinski definition) is 4. The molecule has 6 heteroatoms.